The van der Waals surface area contributed by atoms with Gasteiger partial charge < -0.3 is 16.4 Å². The zero-order valence-electron chi connectivity index (χ0n) is 9.44. The monoisotopic (exact) mass is 219 g/mol. The van der Waals surface area contributed by atoms with Crippen LogP contribution in [0.25, 0.3) is 0 Å². The van der Waals surface area contributed by atoms with Gasteiger partial charge in [-0.2, -0.15) is 0 Å². The van der Waals surface area contributed by atoms with Gasteiger partial charge in [0.1, 0.15) is 0 Å². The molecule has 4 nitrogen and oxygen atoms in total. The molecule has 1 saturated carbocycles. The Balaban J connectivity index is 2.33. The molecule has 0 saturated heterocycles. The number of nitrogens with two attached hydrogens (primary N) is 2. The number of nitrogen functional groups attached to an aromatic ring is 1. The summed E-state index contributed by atoms with van der Waals surface area (Å²) in [6.45, 7) is 0. The molecule has 0 heterocycles. The number of amides is 1. The van der Waals surface area contributed by atoms with Gasteiger partial charge in [-0.15, -0.1) is 0 Å². The molecule has 2 rings (SSSR count). The molecule has 4 N–H and O–H groups in total. The average Bonchev–Trinajstić information content (AvgIpc) is 2.14. The van der Waals surface area contributed by atoms with E-state index in [0.29, 0.717) is 17.3 Å². The van der Waals surface area contributed by atoms with Gasteiger partial charge in [0, 0.05) is 13.1 Å². The van der Waals surface area contributed by atoms with Crippen molar-refractivity contribution < 1.29 is 4.79 Å². The van der Waals surface area contributed by atoms with Gasteiger partial charge in [-0.05, 0) is 31.4 Å². The smallest absolute Gasteiger partial charge is 0.250 e. The van der Waals surface area contributed by atoms with Gasteiger partial charge in [0.05, 0.1) is 16.9 Å². The molecule has 0 radical (unpaired) electrons. The number of primary amides is 1. The number of rotatable bonds is 3. The number of carbonyl (C=O) groups is 1. The summed E-state index contributed by atoms with van der Waals surface area (Å²) >= 11 is 0. The zero-order valence-corrected chi connectivity index (χ0v) is 9.44. The van der Waals surface area contributed by atoms with Crippen molar-refractivity contribution in [3.8, 4) is 0 Å². The lowest BCUT2D eigenvalue weighted by molar-refractivity contribution is 0.100. The van der Waals surface area contributed by atoms with Gasteiger partial charge >= 0.3 is 0 Å². The Morgan fingerprint density at radius 3 is 2.62 bits per heavy atom. The highest BCUT2D eigenvalue weighted by Crippen LogP contribution is 2.32. The van der Waals surface area contributed by atoms with Gasteiger partial charge in [0.2, 0.25) is 0 Å². The van der Waals surface area contributed by atoms with Crippen molar-refractivity contribution >= 4 is 17.3 Å². The molecule has 1 aromatic carbocycles. The number of hydrogen-bond donors (Lipinski definition) is 2. The largest absolute Gasteiger partial charge is 0.396 e. The molecular weight excluding hydrogens is 202 g/mol. The van der Waals surface area contributed by atoms with Crippen LogP contribution in [-0.2, 0) is 0 Å². The van der Waals surface area contributed by atoms with Crippen molar-refractivity contribution in [1.29, 1.82) is 0 Å². The van der Waals surface area contributed by atoms with E-state index in [4.69, 9.17) is 11.5 Å². The van der Waals surface area contributed by atoms with Crippen molar-refractivity contribution in [1.82, 2.24) is 0 Å². The quantitative estimate of drug-likeness (QED) is 0.754. The normalized spacial score (nSPS) is 15.6. The molecule has 0 bridgehead atoms. The minimum absolute atomic E-state index is 0.406. The first kappa shape index (κ1) is 10.8. The number of anilines is 2. The fourth-order valence-corrected chi connectivity index (χ4v) is 2.05. The van der Waals surface area contributed by atoms with Gasteiger partial charge in [-0.25, -0.2) is 0 Å². The van der Waals surface area contributed by atoms with Gasteiger partial charge in [0.15, 0.2) is 0 Å². The summed E-state index contributed by atoms with van der Waals surface area (Å²) in [5, 5.41) is 0. The van der Waals surface area contributed by atoms with Gasteiger partial charge in [0.25, 0.3) is 5.91 Å². The molecule has 1 fully saturated rings. The molecule has 0 unspecified atom stereocenters. The Hall–Kier alpha value is -1.71. The molecule has 16 heavy (non-hydrogen) atoms. The summed E-state index contributed by atoms with van der Waals surface area (Å²) in [5.74, 6) is -0.471. The fraction of sp³-hybridized carbons (Fsp3) is 0.417. The van der Waals surface area contributed by atoms with Crippen LogP contribution in [-0.4, -0.2) is 19.0 Å². The first-order chi connectivity index (χ1) is 7.61. The minimum Gasteiger partial charge on any atom is -0.396 e. The molecule has 1 amide bonds. The second kappa shape index (κ2) is 4.04. The van der Waals surface area contributed by atoms with Crippen LogP contribution in [0, 0.1) is 0 Å². The van der Waals surface area contributed by atoms with Crippen molar-refractivity contribution in [3.05, 3.63) is 23.8 Å². The van der Waals surface area contributed by atoms with Crippen LogP contribution in [0.5, 0.6) is 0 Å². The Morgan fingerprint density at radius 1 is 1.44 bits per heavy atom. The predicted molar refractivity (Wildman–Crippen MR) is 65.4 cm³/mol. The lowest BCUT2D eigenvalue weighted by atomic mass is 9.91. The lowest BCUT2D eigenvalue weighted by Gasteiger charge is -2.37. The summed E-state index contributed by atoms with van der Waals surface area (Å²) in [7, 11) is 2.01. The third-order valence-corrected chi connectivity index (χ3v) is 3.35. The van der Waals surface area contributed by atoms with E-state index in [1.165, 1.54) is 19.3 Å². The van der Waals surface area contributed by atoms with Crippen LogP contribution in [0.15, 0.2) is 18.2 Å². The molecule has 0 atom stereocenters. The van der Waals surface area contributed by atoms with Crippen LogP contribution in [0.3, 0.4) is 0 Å². The first-order valence-corrected chi connectivity index (χ1v) is 5.52. The predicted octanol–water partition coefficient (Wildman–Crippen LogP) is 1.36. The molecule has 0 aromatic heterocycles. The SMILES string of the molecule is CN(c1cccc(C(N)=O)c1N)C1CCC1. The maximum Gasteiger partial charge on any atom is 0.250 e. The van der Waals surface area contributed by atoms with Crippen molar-refractivity contribution in [3.63, 3.8) is 0 Å². The van der Waals surface area contributed by atoms with E-state index in [1.54, 1.807) is 6.07 Å². The summed E-state index contributed by atoms with van der Waals surface area (Å²) in [6, 6.07) is 5.96. The first-order valence-electron chi connectivity index (χ1n) is 5.52. The van der Waals surface area contributed by atoms with Crippen LogP contribution in [0.2, 0.25) is 0 Å². The van der Waals surface area contributed by atoms with E-state index < -0.39 is 5.91 Å². The molecule has 1 aromatic rings. The zero-order chi connectivity index (χ0) is 11.7. The number of nitrogens with zero attached hydrogens (tertiary/aromatic N) is 1. The van der Waals surface area contributed by atoms with Crippen LogP contribution in [0.4, 0.5) is 11.4 Å². The van der Waals surface area contributed by atoms with Crippen molar-refractivity contribution in [2.75, 3.05) is 17.7 Å². The summed E-state index contributed by atoms with van der Waals surface area (Å²) in [6.07, 6.45) is 3.65. The highest BCUT2D eigenvalue weighted by molar-refractivity contribution is 6.00. The number of para-hydroxylation sites is 1. The molecule has 0 aliphatic heterocycles. The molecule has 0 spiro atoms. The van der Waals surface area contributed by atoms with Crippen LogP contribution in [0.1, 0.15) is 29.6 Å². The van der Waals surface area contributed by atoms with E-state index in [1.807, 2.05) is 19.2 Å². The lowest BCUT2D eigenvalue weighted by Crippen LogP contribution is -2.37. The topological polar surface area (TPSA) is 72.3 Å². The maximum absolute atomic E-state index is 11.2. The second-order valence-electron chi connectivity index (χ2n) is 4.30. The summed E-state index contributed by atoms with van der Waals surface area (Å²) < 4.78 is 0. The van der Waals surface area contributed by atoms with Crippen LogP contribution >= 0.6 is 0 Å². The molecular formula is C12H17N3O. The van der Waals surface area contributed by atoms with Gasteiger partial charge in [-0.3, -0.25) is 4.79 Å². The van der Waals surface area contributed by atoms with E-state index in [2.05, 4.69) is 4.90 Å². The molecule has 1 aliphatic carbocycles. The molecule has 1 aliphatic rings. The molecule has 4 heteroatoms. The third-order valence-electron chi connectivity index (χ3n) is 3.35. The Labute approximate surface area is 95.2 Å². The van der Waals surface area contributed by atoms with E-state index in [0.717, 1.165) is 5.69 Å². The summed E-state index contributed by atoms with van der Waals surface area (Å²) in [4.78, 5) is 13.3. The Kier molecular flexibility index (Phi) is 2.73. The number of carbonyl (C=O) groups excluding carboxylic acids is 1. The third kappa shape index (κ3) is 1.71. The molecule has 86 valence electrons. The Bertz CT molecular complexity index is 413. The maximum atomic E-state index is 11.2. The standard InChI is InChI=1S/C12H17N3O/c1-15(8-4-2-5-8)10-7-3-6-9(11(10)13)12(14)16/h3,6-8H,2,4-5,13H2,1H3,(H2,14,16). The fourth-order valence-electron chi connectivity index (χ4n) is 2.05. The summed E-state index contributed by atoms with van der Waals surface area (Å²) in [5.41, 5.74) is 13.0. The second-order valence-corrected chi connectivity index (χ2v) is 4.30. The number of hydrogen-bond acceptors (Lipinski definition) is 3. The van der Waals surface area contributed by atoms with Crippen molar-refractivity contribution in [2.45, 2.75) is 25.3 Å². The minimum atomic E-state index is -0.471. The van der Waals surface area contributed by atoms with Gasteiger partial charge in [-0.1, -0.05) is 6.07 Å². The average molecular weight is 219 g/mol. The highest BCUT2D eigenvalue weighted by atomic mass is 16.1. The van der Waals surface area contributed by atoms with E-state index in [9.17, 15) is 4.79 Å². The number of benzene rings is 1. The highest BCUT2D eigenvalue weighted by Gasteiger charge is 2.24. The van der Waals surface area contributed by atoms with E-state index >= 15 is 0 Å². The Morgan fingerprint density at radius 2 is 2.12 bits per heavy atom. The van der Waals surface area contributed by atoms with E-state index in [-0.39, 0.29) is 0 Å². The van der Waals surface area contributed by atoms with Crippen molar-refractivity contribution in [2.24, 2.45) is 5.73 Å². The van der Waals surface area contributed by atoms with Crippen LogP contribution < -0.4 is 16.4 Å².